The number of carboxylic acid groups (broad SMARTS) is 1. The number of nitrogens with one attached hydrogen (secondary N) is 1. The minimum atomic E-state index is -5.52. The number of nitrogens with zero attached hydrogens (tertiary/aromatic N) is 1. The van der Waals surface area contributed by atoms with Crippen molar-refractivity contribution >= 4 is 29.7 Å². The van der Waals surface area contributed by atoms with Crippen molar-refractivity contribution in [2.45, 2.75) is 84.7 Å². The van der Waals surface area contributed by atoms with Crippen LogP contribution >= 0.6 is 0 Å². The number of alkyl halides is 3. The Morgan fingerprint density at radius 1 is 1.09 bits per heavy atom. The standard InChI is InChI=1S/C32H40F4N2O6/c1-7-22-16-25(43-19-21-13-9-8-10-14-21)28(38(18-26(39)40)29(41)32(34,35)36)27(33)24(22)17-23(15-11-12-20(2)3)37-30(42)44-31(4,5)6/h7-10,13-14,16,20,23H,1,11-12,15,17-19H2,2-6H3,(H,37,42)(H,39,40)/t23-/m0/s1. The van der Waals surface area contributed by atoms with Gasteiger partial charge in [0, 0.05) is 6.04 Å². The van der Waals surface area contributed by atoms with Crippen molar-refractivity contribution < 1.29 is 46.5 Å². The molecule has 0 aromatic heterocycles. The van der Waals surface area contributed by atoms with E-state index in [4.69, 9.17) is 9.47 Å². The summed E-state index contributed by atoms with van der Waals surface area (Å²) in [6.07, 6.45) is -3.46. The molecule has 2 amide bonds. The zero-order valence-corrected chi connectivity index (χ0v) is 25.6. The Morgan fingerprint density at radius 2 is 1.73 bits per heavy atom. The number of amides is 2. The Bertz CT molecular complexity index is 1310. The number of hydrogen-bond donors (Lipinski definition) is 2. The summed E-state index contributed by atoms with van der Waals surface area (Å²) in [7, 11) is 0. The topological polar surface area (TPSA) is 105 Å². The molecule has 0 fully saturated rings. The lowest BCUT2D eigenvalue weighted by Crippen LogP contribution is -2.45. The van der Waals surface area contributed by atoms with Gasteiger partial charge in [0.2, 0.25) is 0 Å². The van der Waals surface area contributed by atoms with Crippen molar-refractivity contribution in [3.63, 3.8) is 0 Å². The number of anilines is 1. The maximum atomic E-state index is 16.5. The third kappa shape index (κ3) is 11.2. The van der Waals surface area contributed by atoms with Gasteiger partial charge in [0.1, 0.15) is 30.2 Å². The van der Waals surface area contributed by atoms with Crippen molar-refractivity contribution in [3.05, 3.63) is 65.5 Å². The van der Waals surface area contributed by atoms with Gasteiger partial charge in [-0.15, -0.1) is 0 Å². The summed E-state index contributed by atoms with van der Waals surface area (Å²) in [4.78, 5) is 36.5. The van der Waals surface area contributed by atoms with E-state index in [1.807, 2.05) is 13.8 Å². The predicted octanol–water partition coefficient (Wildman–Crippen LogP) is 7.29. The van der Waals surface area contributed by atoms with E-state index in [1.54, 1.807) is 51.1 Å². The fourth-order valence-corrected chi connectivity index (χ4v) is 4.42. The minimum absolute atomic E-state index is 0.129. The van der Waals surface area contributed by atoms with Crippen LogP contribution in [0.4, 0.5) is 28.0 Å². The van der Waals surface area contributed by atoms with Gasteiger partial charge in [0.15, 0.2) is 5.82 Å². The molecule has 0 saturated heterocycles. The van der Waals surface area contributed by atoms with E-state index in [1.165, 1.54) is 12.1 Å². The van der Waals surface area contributed by atoms with Gasteiger partial charge >= 0.3 is 24.1 Å². The van der Waals surface area contributed by atoms with Gasteiger partial charge in [-0.25, -0.2) is 9.18 Å². The molecule has 44 heavy (non-hydrogen) atoms. The van der Waals surface area contributed by atoms with E-state index >= 15 is 4.39 Å². The Hall–Kier alpha value is -4.09. The van der Waals surface area contributed by atoms with Gasteiger partial charge in [-0.1, -0.05) is 69.7 Å². The smallest absolute Gasteiger partial charge is 0.471 e. The van der Waals surface area contributed by atoms with Crippen molar-refractivity contribution in [1.29, 1.82) is 0 Å². The highest BCUT2D eigenvalue weighted by atomic mass is 19.4. The van der Waals surface area contributed by atoms with Crippen LogP contribution in [-0.4, -0.2) is 47.4 Å². The second-order valence-corrected chi connectivity index (χ2v) is 11.7. The van der Waals surface area contributed by atoms with E-state index in [9.17, 15) is 32.7 Å². The molecule has 0 aliphatic rings. The zero-order chi connectivity index (χ0) is 33.2. The average Bonchev–Trinajstić information content (AvgIpc) is 2.90. The molecule has 2 aromatic carbocycles. The first-order valence-corrected chi connectivity index (χ1v) is 14.2. The second kappa shape index (κ2) is 15.6. The van der Waals surface area contributed by atoms with E-state index in [0.29, 0.717) is 24.3 Å². The van der Waals surface area contributed by atoms with Crippen LogP contribution in [0.15, 0.2) is 43.0 Å². The molecule has 8 nitrogen and oxygen atoms in total. The fourth-order valence-electron chi connectivity index (χ4n) is 4.42. The van der Waals surface area contributed by atoms with Gasteiger partial charge in [-0.05, 0) is 62.3 Å². The average molecular weight is 625 g/mol. The van der Waals surface area contributed by atoms with E-state index < -0.39 is 59.6 Å². The molecule has 12 heteroatoms. The molecular weight excluding hydrogens is 584 g/mol. The van der Waals surface area contributed by atoms with E-state index in [0.717, 1.165) is 6.42 Å². The summed E-state index contributed by atoms with van der Waals surface area (Å²) in [5.41, 5.74) is -1.28. The molecular formula is C32H40F4N2O6. The second-order valence-electron chi connectivity index (χ2n) is 11.7. The summed E-state index contributed by atoms with van der Waals surface area (Å²) in [6, 6.07) is 8.93. The predicted molar refractivity (Wildman–Crippen MR) is 159 cm³/mol. The fraction of sp³-hybridized carbons (Fsp3) is 0.469. The van der Waals surface area contributed by atoms with Crippen molar-refractivity contribution in [3.8, 4) is 5.75 Å². The number of carboxylic acids is 1. The molecule has 0 heterocycles. The molecule has 0 aliphatic carbocycles. The number of hydrogen-bond acceptors (Lipinski definition) is 5. The van der Waals surface area contributed by atoms with Crippen LogP contribution < -0.4 is 15.0 Å². The van der Waals surface area contributed by atoms with Crippen LogP contribution in [0.2, 0.25) is 0 Å². The third-order valence-electron chi connectivity index (χ3n) is 6.35. The van der Waals surface area contributed by atoms with Gasteiger partial charge in [0.05, 0.1) is 0 Å². The molecule has 2 N–H and O–H groups in total. The number of alkyl carbamates (subject to hydrolysis) is 1. The van der Waals surface area contributed by atoms with Crippen LogP contribution in [0.5, 0.6) is 5.75 Å². The minimum Gasteiger partial charge on any atom is -0.487 e. The summed E-state index contributed by atoms with van der Waals surface area (Å²) in [6.45, 7) is 11.0. The van der Waals surface area contributed by atoms with Crippen LogP contribution in [-0.2, 0) is 27.4 Å². The first-order chi connectivity index (χ1) is 20.4. The first kappa shape index (κ1) is 36.1. The molecule has 0 bridgehead atoms. The van der Waals surface area contributed by atoms with Crippen molar-refractivity contribution in [2.24, 2.45) is 5.92 Å². The SMILES string of the molecule is C=Cc1cc(OCc2ccccc2)c(N(CC(=O)O)C(=O)C(F)(F)F)c(F)c1C[C@H](CCCC(C)C)NC(=O)OC(C)(C)C. The lowest BCUT2D eigenvalue weighted by Gasteiger charge is -2.28. The van der Waals surface area contributed by atoms with Crippen LogP contribution in [0.3, 0.4) is 0 Å². The molecule has 0 saturated carbocycles. The Labute approximate surface area is 255 Å². The van der Waals surface area contributed by atoms with Crippen molar-refractivity contribution in [2.75, 3.05) is 11.4 Å². The lowest BCUT2D eigenvalue weighted by molar-refractivity contribution is -0.171. The molecule has 0 aliphatic heterocycles. The molecule has 0 spiro atoms. The Morgan fingerprint density at radius 3 is 2.25 bits per heavy atom. The summed E-state index contributed by atoms with van der Waals surface area (Å²) in [5.74, 6) is -5.84. The highest BCUT2D eigenvalue weighted by Crippen LogP contribution is 2.39. The zero-order valence-electron chi connectivity index (χ0n) is 25.6. The summed E-state index contributed by atoms with van der Waals surface area (Å²) < 4.78 is 68.6. The number of carbonyl (C=O) groups is 3. The summed E-state index contributed by atoms with van der Waals surface area (Å²) >= 11 is 0. The van der Waals surface area contributed by atoms with Crippen LogP contribution in [0.1, 0.15) is 70.6 Å². The molecule has 0 unspecified atom stereocenters. The molecule has 0 radical (unpaired) electrons. The highest BCUT2D eigenvalue weighted by Gasteiger charge is 2.45. The largest absolute Gasteiger partial charge is 0.487 e. The quantitative estimate of drug-likeness (QED) is 0.214. The van der Waals surface area contributed by atoms with Crippen molar-refractivity contribution in [1.82, 2.24) is 5.32 Å². The first-order valence-electron chi connectivity index (χ1n) is 14.2. The Kier molecular flexibility index (Phi) is 12.8. The van der Waals surface area contributed by atoms with Gasteiger partial charge in [0.25, 0.3) is 0 Å². The summed E-state index contributed by atoms with van der Waals surface area (Å²) in [5, 5.41) is 12.1. The lowest BCUT2D eigenvalue weighted by atomic mass is 9.94. The number of ether oxygens (including phenoxy) is 2. The number of carbonyl (C=O) groups excluding carboxylic acids is 2. The van der Waals surface area contributed by atoms with Gasteiger partial charge in [-0.3, -0.25) is 14.5 Å². The molecule has 2 aromatic rings. The maximum absolute atomic E-state index is 16.5. The van der Waals surface area contributed by atoms with E-state index in [2.05, 4.69) is 11.9 Å². The van der Waals surface area contributed by atoms with Crippen LogP contribution in [0, 0.1) is 11.7 Å². The molecule has 2 rings (SSSR count). The number of halogens is 4. The van der Waals surface area contributed by atoms with E-state index in [-0.39, 0.29) is 29.1 Å². The number of rotatable bonds is 14. The Balaban J connectivity index is 2.70. The number of aliphatic carboxylic acids is 1. The molecule has 242 valence electrons. The normalized spacial score (nSPS) is 12.4. The number of benzene rings is 2. The van der Waals surface area contributed by atoms with Crippen LogP contribution in [0.25, 0.3) is 6.08 Å². The highest BCUT2D eigenvalue weighted by molar-refractivity contribution is 6.02. The maximum Gasteiger partial charge on any atom is 0.471 e. The van der Waals surface area contributed by atoms with Gasteiger partial charge in [-0.2, -0.15) is 13.2 Å². The monoisotopic (exact) mass is 624 g/mol. The third-order valence-corrected chi connectivity index (χ3v) is 6.35. The van der Waals surface area contributed by atoms with Gasteiger partial charge < -0.3 is 19.9 Å². The molecule has 1 atom stereocenters.